The largest absolute Gasteiger partial charge is 0.491 e. The molecule has 0 unspecified atom stereocenters. The predicted octanol–water partition coefficient (Wildman–Crippen LogP) is 4.58. The summed E-state index contributed by atoms with van der Waals surface area (Å²) in [5.74, 6) is 1.64. The Kier molecular flexibility index (Phi) is 4.09. The van der Waals surface area contributed by atoms with Gasteiger partial charge in [0.2, 0.25) is 0 Å². The van der Waals surface area contributed by atoms with Crippen molar-refractivity contribution in [2.24, 2.45) is 5.41 Å². The van der Waals surface area contributed by atoms with Crippen LogP contribution < -0.4 is 4.74 Å². The molecule has 1 aliphatic rings. The van der Waals surface area contributed by atoms with Crippen molar-refractivity contribution < 1.29 is 4.74 Å². The highest BCUT2D eigenvalue weighted by Gasteiger charge is 2.36. The van der Waals surface area contributed by atoms with Crippen LogP contribution in [0.15, 0.2) is 22.7 Å². The smallest absolute Gasteiger partial charge is 0.139 e. The fourth-order valence-electron chi connectivity index (χ4n) is 1.84. The van der Waals surface area contributed by atoms with Gasteiger partial charge in [-0.25, -0.2) is 0 Å². The van der Waals surface area contributed by atoms with E-state index in [4.69, 9.17) is 16.3 Å². The summed E-state index contributed by atoms with van der Waals surface area (Å²) in [6.45, 7) is 0.715. The molecule has 1 aromatic rings. The van der Waals surface area contributed by atoms with Crippen LogP contribution in [0.1, 0.15) is 19.3 Å². The third-order valence-corrected chi connectivity index (χ3v) is 4.65. The van der Waals surface area contributed by atoms with E-state index in [2.05, 4.69) is 28.6 Å². The summed E-state index contributed by atoms with van der Waals surface area (Å²) in [6.07, 6.45) is 3.71. The highest BCUT2D eigenvalue weighted by Crippen LogP contribution is 2.42. The first-order valence-electron chi connectivity index (χ1n) is 5.34. The zero-order valence-electron chi connectivity index (χ0n) is 8.88. The first-order chi connectivity index (χ1) is 7.65. The fourth-order valence-corrected chi connectivity index (χ4v) is 2.76. The topological polar surface area (TPSA) is 9.23 Å². The average molecular weight is 322 g/mol. The molecule has 0 amide bonds. The molecule has 0 N–H and O–H groups in total. The standard InChI is InChI=1S/C12H14BrClOS/c13-9-2-3-10(14)11(6-9)15-7-12(8-16)4-1-5-12/h2-3,6,16H,1,4-5,7-8H2. The molecular weight excluding hydrogens is 308 g/mol. The second-order valence-electron chi connectivity index (χ2n) is 4.38. The van der Waals surface area contributed by atoms with Gasteiger partial charge < -0.3 is 4.74 Å². The summed E-state index contributed by atoms with van der Waals surface area (Å²) in [4.78, 5) is 0. The lowest BCUT2D eigenvalue weighted by Gasteiger charge is -2.40. The average Bonchev–Trinajstić information content (AvgIpc) is 2.22. The van der Waals surface area contributed by atoms with Crippen molar-refractivity contribution in [1.29, 1.82) is 0 Å². The van der Waals surface area contributed by atoms with E-state index in [1.165, 1.54) is 19.3 Å². The van der Waals surface area contributed by atoms with Crippen molar-refractivity contribution in [1.82, 2.24) is 0 Å². The predicted molar refractivity (Wildman–Crippen MR) is 74.8 cm³/mol. The highest BCUT2D eigenvalue weighted by molar-refractivity contribution is 9.10. The van der Waals surface area contributed by atoms with Crippen LogP contribution in [0, 0.1) is 5.41 Å². The second kappa shape index (κ2) is 5.19. The van der Waals surface area contributed by atoms with Gasteiger partial charge in [0.05, 0.1) is 11.6 Å². The molecule has 1 aromatic carbocycles. The number of benzene rings is 1. The third-order valence-electron chi connectivity index (χ3n) is 3.18. The summed E-state index contributed by atoms with van der Waals surface area (Å²) in [5.41, 5.74) is 0.273. The van der Waals surface area contributed by atoms with Crippen LogP contribution in [-0.2, 0) is 0 Å². The molecule has 0 saturated heterocycles. The van der Waals surface area contributed by atoms with Gasteiger partial charge in [0, 0.05) is 9.89 Å². The fraction of sp³-hybridized carbons (Fsp3) is 0.500. The summed E-state index contributed by atoms with van der Waals surface area (Å²) >= 11 is 13.9. The third kappa shape index (κ3) is 2.69. The normalized spacial score (nSPS) is 17.9. The van der Waals surface area contributed by atoms with Gasteiger partial charge >= 0.3 is 0 Å². The number of thiol groups is 1. The number of hydrogen-bond acceptors (Lipinski definition) is 2. The van der Waals surface area contributed by atoms with Crippen LogP contribution in [0.5, 0.6) is 5.75 Å². The maximum Gasteiger partial charge on any atom is 0.139 e. The van der Waals surface area contributed by atoms with Crippen LogP contribution in [0.4, 0.5) is 0 Å². The van der Waals surface area contributed by atoms with Crippen molar-refractivity contribution in [2.75, 3.05) is 12.4 Å². The maximum absolute atomic E-state index is 6.06. The SMILES string of the molecule is SCC1(COc2cc(Br)ccc2Cl)CCC1. The van der Waals surface area contributed by atoms with Gasteiger partial charge in [0.25, 0.3) is 0 Å². The molecule has 1 aliphatic carbocycles. The molecular formula is C12H14BrClOS. The van der Waals surface area contributed by atoms with Crippen LogP contribution in [-0.4, -0.2) is 12.4 Å². The van der Waals surface area contributed by atoms with E-state index in [1.807, 2.05) is 18.2 Å². The minimum atomic E-state index is 0.273. The van der Waals surface area contributed by atoms with Gasteiger partial charge in [0.1, 0.15) is 5.75 Å². The summed E-state index contributed by atoms with van der Waals surface area (Å²) < 4.78 is 6.79. The van der Waals surface area contributed by atoms with Gasteiger partial charge in [-0.2, -0.15) is 12.6 Å². The molecule has 0 spiro atoms. The number of halogens is 2. The summed E-state index contributed by atoms with van der Waals surface area (Å²) in [7, 11) is 0. The molecule has 0 radical (unpaired) electrons. The van der Waals surface area contributed by atoms with E-state index in [-0.39, 0.29) is 5.41 Å². The molecule has 0 aromatic heterocycles. The first kappa shape index (κ1) is 12.6. The Balaban J connectivity index is 2.01. The molecule has 16 heavy (non-hydrogen) atoms. The van der Waals surface area contributed by atoms with Crippen LogP contribution in [0.25, 0.3) is 0 Å². The Morgan fingerprint density at radius 2 is 2.19 bits per heavy atom. The molecule has 0 atom stereocenters. The zero-order valence-corrected chi connectivity index (χ0v) is 12.1. The van der Waals surface area contributed by atoms with E-state index < -0.39 is 0 Å². The monoisotopic (exact) mass is 320 g/mol. The zero-order chi connectivity index (χ0) is 11.6. The number of ether oxygens (including phenoxy) is 1. The number of rotatable bonds is 4. The molecule has 0 heterocycles. The van der Waals surface area contributed by atoms with Crippen molar-refractivity contribution in [3.63, 3.8) is 0 Å². The Bertz CT molecular complexity index is 374. The van der Waals surface area contributed by atoms with Crippen LogP contribution >= 0.6 is 40.2 Å². The Hall–Kier alpha value is 0.140. The molecule has 2 rings (SSSR count). The van der Waals surface area contributed by atoms with Crippen molar-refractivity contribution in [3.05, 3.63) is 27.7 Å². The van der Waals surface area contributed by atoms with E-state index >= 15 is 0 Å². The minimum Gasteiger partial charge on any atom is -0.491 e. The van der Waals surface area contributed by atoms with E-state index in [0.29, 0.717) is 11.6 Å². The maximum atomic E-state index is 6.06. The quantitative estimate of drug-likeness (QED) is 0.799. The van der Waals surface area contributed by atoms with E-state index in [1.54, 1.807) is 0 Å². The van der Waals surface area contributed by atoms with E-state index in [0.717, 1.165) is 16.0 Å². The summed E-state index contributed by atoms with van der Waals surface area (Å²) in [5, 5.41) is 0.664. The molecule has 0 aliphatic heterocycles. The Labute approximate surface area is 115 Å². The summed E-state index contributed by atoms with van der Waals surface area (Å²) in [6, 6.07) is 5.66. The van der Waals surface area contributed by atoms with Crippen molar-refractivity contribution in [3.8, 4) is 5.75 Å². The Morgan fingerprint density at radius 1 is 1.44 bits per heavy atom. The van der Waals surface area contributed by atoms with Gasteiger partial charge in [-0.1, -0.05) is 34.0 Å². The van der Waals surface area contributed by atoms with Crippen LogP contribution in [0.3, 0.4) is 0 Å². The lowest BCUT2D eigenvalue weighted by atomic mass is 9.71. The van der Waals surface area contributed by atoms with Crippen molar-refractivity contribution >= 4 is 40.2 Å². The lowest BCUT2D eigenvalue weighted by Crippen LogP contribution is -2.37. The molecule has 1 fully saturated rings. The van der Waals surface area contributed by atoms with E-state index in [9.17, 15) is 0 Å². The van der Waals surface area contributed by atoms with Gasteiger partial charge in [0.15, 0.2) is 0 Å². The van der Waals surface area contributed by atoms with Crippen molar-refractivity contribution in [2.45, 2.75) is 19.3 Å². The molecule has 1 saturated carbocycles. The first-order valence-corrected chi connectivity index (χ1v) is 7.14. The van der Waals surface area contributed by atoms with Gasteiger partial charge in [-0.3, -0.25) is 0 Å². The second-order valence-corrected chi connectivity index (χ2v) is 6.01. The number of hydrogen-bond donors (Lipinski definition) is 1. The minimum absolute atomic E-state index is 0.273. The molecule has 1 nitrogen and oxygen atoms in total. The molecule has 88 valence electrons. The van der Waals surface area contributed by atoms with Gasteiger partial charge in [-0.15, -0.1) is 0 Å². The van der Waals surface area contributed by atoms with Crippen LogP contribution in [0.2, 0.25) is 5.02 Å². The molecule has 4 heteroatoms. The lowest BCUT2D eigenvalue weighted by molar-refractivity contribution is 0.0830. The highest BCUT2D eigenvalue weighted by atomic mass is 79.9. The Morgan fingerprint density at radius 3 is 2.75 bits per heavy atom. The van der Waals surface area contributed by atoms with Gasteiger partial charge in [-0.05, 0) is 36.8 Å². The molecule has 0 bridgehead atoms.